The lowest BCUT2D eigenvalue weighted by Gasteiger charge is -2.36. The van der Waals surface area contributed by atoms with E-state index in [1.165, 1.54) is 7.05 Å². The van der Waals surface area contributed by atoms with Crippen molar-refractivity contribution in [2.45, 2.75) is 20.4 Å². The number of aryl methyl sites for hydroxylation is 1. The summed E-state index contributed by atoms with van der Waals surface area (Å²) in [6, 6.07) is 9.37. The Bertz CT molecular complexity index is 1270. The summed E-state index contributed by atoms with van der Waals surface area (Å²) in [5.41, 5.74) is 3.28. The molecule has 0 saturated carbocycles. The summed E-state index contributed by atoms with van der Waals surface area (Å²) in [4.78, 5) is 48.1. The third-order valence-electron chi connectivity index (χ3n) is 5.91. The molecule has 9 nitrogen and oxygen atoms in total. The smallest absolute Gasteiger partial charge is 0.328 e. The van der Waals surface area contributed by atoms with E-state index in [0.29, 0.717) is 23.1 Å². The molecular weight excluding hydrogens is 408 g/mol. The number of aromatic nitrogens is 3. The maximum atomic E-state index is 12.2. The van der Waals surface area contributed by atoms with Crippen LogP contribution in [0.3, 0.4) is 0 Å². The average molecular weight is 437 g/mol. The van der Waals surface area contributed by atoms with Crippen LogP contribution in [0.25, 0.3) is 10.9 Å². The van der Waals surface area contributed by atoms with Gasteiger partial charge in [0.25, 0.3) is 11.5 Å². The molecule has 32 heavy (non-hydrogen) atoms. The highest BCUT2D eigenvalue weighted by Crippen LogP contribution is 2.21. The molecule has 0 atom stereocenters. The average Bonchev–Trinajstić information content (AvgIpc) is 2.78. The molecule has 1 fully saturated rings. The summed E-state index contributed by atoms with van der Waals surface area (Å²) >= 11 is 0. The molecule has 2 aromatic heterocycles. The van der Waals surface area contributed by atoms with Crippen LogP contribution in [0.1, 0.15) is 28.7 Å². The minimum absolute atomic E-state index is 0.151. The van der Waals surface area contributed by atoms with Gasteiger partial charge in [-0.2, -0.15) is 0 Å². The number of piperazine rings is 1. The molecule has 1 amide bonds. The Balaban J connectivity index is 1.42. The zero-order chi connectivity index (χ0) is 22.8. The van der Waals surface area contributed by atoms with Crippen molar-refractivity contribution >= 4 is 22.5 Å². The number of pyridine rings is 1. The summed E-state index contributed by atoms with van der Waals surface area (Å²) in [5.74, 6) is -0.151. The van der Waals surface area contributed by atoms with Crippen molar-refractivity contribution in [1.82, 2.24) is 24.8 Å². The van der Waals surface area contributed by atoms with Gasteiger partial charge in [-0.1, -0.05) is 6.07 Å². The van der Waals surface area contributed by atoms with Gasteiger partial charge in [0.05, 0.1) is 22.3 Å². The van der Waals surface area contributed by atoms with Gasteiger partial charge in [0.1, 0.15) is 5.69 Å². The molecule has 3 aromatic rings. The number of H-pyrrole nitrogens is 1. The molecule has 0 unspecified atom stereocenters. The van der Waals surface area contributed by atoms with Gasteiger partial charge in [-0.25, -0.2) is 9.78 Å². The molecule has 168 valence electrons. The minimum Gasteiger partial charge on any atom is -0.368 e. The summed E-state index contributed by atoms with van der Waals surface area (Å²) in [6.45, 7) is 8.61. The van der Waals surface area contributed by atoms with Crippen LogP contribution in [-0.4, -0.2) is 58.1 Å². The number of aromatic amines is 1. The monoisotopic (exact) mass is 436 g/mol. The number of carbonyl (C=O) groups is 1. The van der Waals surface area contributed by atoms with Crippen molar-refractivity contribution in [1.29, 1.82) is 0 Å². The van der Waals surface area contributed by atoms with Crippen molar-refractivity contribution in [3.63, 3.8) is 0 Å². The third-order valence-corrected chi connectivity index (χ3v) is 5.91. The first-order chi connectivity index (χ1) is 15.4. The van der Waals surface area contributed by atoms with Crippen LogP contribution in [0.4, 0.5) is 5.69 Å². The van der Waals surface area contributed by atoms with E-state index in [0.717, 1.165) is 54.2 Å². The number of benzene rings is 1. The normalized spacial score (nSPS) is 14.7. The van der Waals surface area contributed by atoms with Gasteiger partial charge in [0.15, 0.2) is 0 Å². The fourth-order valence-electron chi connectivity index (χ4n) is 4.12. The second-order valence-electron chi connectivity index (χ2n) is 8.10. The van der Waals surface area contributed by atoms with Crippen molar-refractivity contribution < 1.29 is 4.79 Å². The molecule has 1 aliphatic rings. The summed E-state index contributed by atoms with van der Waals surface area (Å²) in [7, 11) is 1.47. The van der Waals surface area contributed by atoms with Gasteiger partial charge >= 0.3 is 5.69 Å². The van der Waals surface area contributed by atoms with E-state index < -0.39 is 5.69 Å². The number of hydrogen-bond donors (Lipinski definition) is 2. The number of nitrogens with zero attached hydrogens (tertiary/aromatic N) is 4. The van der Waals surface area contributed by atoms with E-state index in [1.807, 2.05) is 32.0 Å². The maximum absolute atomic E-state index is 12.2. The minimum atomic E-state index is -0.407. The highest BCUT2D eigenvalue weighted by molar-refractivity contribution is 5.92. The first-order valence-corrected chi connectivity index (χ1v) is 10.8. The topological polar surface area (TPSA) is 103 Å². The highest BCUT2D eigenvalue weighted by atomic mass is 16.2. The molecular formula is C23H28N6O3. The Morgan fingerprint density at radius 1 is 1.12 bits per heavy atom. The van der Waals surface area contributed by atoms with E-state index in [4.69, 9.17) is 0 Å². The zero-order valence-corrected chi connectivity index (χ0v) is 18.6. The van der Waals surface area contributed by atoms with E-state index in [-0.39, 0.29) is 11.5 Å². The molecule has 4 rings (SSSR count). The van der Waals surface area contributed by atoms with E-state index in [1.54, 1.807) is 12.1 Å². The molecule has 0 bridgehead atoms. The molecule has 1 aliphatic heterocycles. The Morgan fingerprint density at radius 3 is 2.56 bits per heavy atom. The van der Waals surface area contributed by atoms with Crippen LogP contribution in [0.2, 0.25) is 0 Å². The van der Waals surface area contributed by atoms with Crippen molar-refractivity contribution in [3.8, 4) is 0 Å². The Hall–Kier alpha value is -3.46. The zero-order valence-electron chi connectivity index (χ0n) is 18.6. The Morgan fingerprint density at radius 2 is 1.88 bits per heavy atom. The first kappa shape index (κ1) is 21.8. The predicted octanol–water partition coefficient (Wildman–Crippen LogP) is 1.00. The van der Waals surface area contributed by atoms with Crippen LogP contribution in [0.15, 0.2) is 39.9 Å². The standard InChI is InChI=1S/C23H28N6O3/c1-4-24-21(30)18-7-8-20(15(2)25-18)29-11-9-28(10-12-29)14-16-5-6-17-19(13-16)26-23(32)27(3)22(17)31/h5-8,13H,4,9-12,14H2,1-3H3,(H,24,30)(H,26,32). The molecule has 0 aliphatic carbocycles. The Kier molecular flexibility index (Phi) is 6.09. The number of nitrogens with one attached hydrogen (secondary N) is 2. The van der Waals surface area contributed by atoms with E-state index in [2.05, 4.69) is 25.1 Å². The first-order valence-electron chi connectivity index (χ1n) is 10.8. The van der Waals surface area contributed by atoms with Gasteiger partial charge in [0.2, 0.25) is 0 Å². The highest BCUT2D eigenvalue weighted by Gasteiger charge is 2.20. The molecule has 9 heteroatoms. The van der Waals surface area contributed by atoms with Gasteiger partial charge < -0.3 is 15.2 Å². The number of fused-ring (bicyclic) bond motifs is 1. The number of amides is 1. The van der Waals surface area contributed by atoms with Gasteiger partial charge in [-0.15, -0.1) is 0 Å². The lowest BCUT2D eigenvalue weighted by atomic mass is 10.1. The lowest BCUT2D eigenvalue weighted by Crippen LogP contribution is -2.46. The van der Waals surface area contributed by atoms with Crippen LogP contribution in [0, 0.1) is 6.92 Å². The van der Waals surface area contributed by atoms with Gasteiger partial charge in [-0.05, 0) is 43.7 Å². The summed E-state index contributed by atoms with van der Waals surface area (Å²) in [6.07, 6.45) is 0. The van der Waals surface area contributed by atoms with Gasteiger partial charge in [0, 0.05) is 46.3 Å². The van der Waals surface area contributed by atoms with Crippen molar-refractivity contribution in [3.05, 3.63) is 68.1 Å². The van der Waals surface area contributed by atoms with E-state index >= 15 is 0 Å². The van der Waals surface area contributed by atoms with Crippen LogP contribution >= 0.6 is 0 Å². The predicted molar refractivity (Wildman–Crippen MR) is 124 cm³/mol. The fourth-order valence-corrected chi connectivity index (χ4v) is 4.12. The Labute approximate surface area is 185 Å². The molecule has 2 N–H and O–H groups in total. The molecule has 1 saturated heterocycles. The lowest BCUT2D eigenvalue weighted by molar-refractivity contribution is 0.0950. The largest absolute Gasteiger partial charge is 0.368 e. The van der Waals surface area contributed by atoms with Crippen LogP contribution in [-0.2, 0) is 13.6 Å². The van der Waals surface area contributed by atoms with Crippen molar-refractivity contribution in [2.24, 2.45) is 7.05 Å². The molecule has 3 heterocycles. The number of rotatable bonds is 5. The second-order valence-corrected chi connectivity index (χ2v) is 8.10. The van der Waals surface area contributed by atoms with E-state index in [9.17, 15) is 14.4 Å². The third kappa shape index (κ3) is 4.29. The SMILES string of the molecule is CCNC(=O)c1ccc(N2CCN(Cc3ccc4c(=O)n(C)c(=O)[nH]c4c3)CC2)c(C)n1. The fraction of sp³-hybridized carbons (Fsp3) is 0.391. The molecule has 1 aromatic carbocycles. The van der Waals surface area contributed by atoms with Crippen LogP contribution in [0.5, 0.6) is 0 Å². The van der Waals surface area contributed by atoms with Crippen LogP contribution < -0.4 is 21.5 Å². The molecule has 0 spiro atoms. The number of anilines is 1. The molecule has 0 radical (unpaired) electrons. The van der Waals surface area contributed by atoms with Gasteiger partial charge in [-0.3, -0.25) is 19.1 Å². The quantitative estimate of drug-likeness (QED) is 0.619. The second kappa shape index (κ2) is 8.96. The number of carbonyl (C=O) groups excluding carboxylic acids is 1. The number of hydrogen-bond acceptors (Lipinski definition) is 6. The summed E-state index contributed by atoms with van der Waals surface area (Å²) < 4.78 is 1.08. The summed E-state index contributed by atoms with van der Waals surface area (Å²) in [5, 5.41) is 3.29. The maximum Gasteiger partial charge on any atom is 0.328 e. The van der Waals surface area contributed by atoms with Crippen molar-refractivity contribution in [2.75, 3.05) is 37.6 Å².